The first-order valence-electron chi connectivity index (χ1n) is 10.5. The van der Waals surface area contributed by atoms with Crippen LogP contribution in [0.2, 0.25) is 0 Å². The Morgan fingerprint density at radius 2 is 1.79 bits per heavy atom. The molecule has 168 valence electrons. The summed E-state index contributed by atoms with van der Waals surface area (Å²) in [7, 11) is 1.60. The molecule has 3 aromatic rings. The fourth-order valence-electron chi connectivity index (χ4n) is 3.21. The van der Waals surface area contributed by atoms with Crippen molar-refractivity contribution in [2.24, 2.45) is 4.99 Å². The van der Waals surface area contributed by atoms with Crippen LogP contribution in [-0.4, -0.2) is 18.2 Å². The van der Waals surface area contributed by atoms with Crippen molar-refractivity contribution in [3.05, 3.63) is 92.8 Å². The summed E-state index contributed by atoms with van der Waals surface area (Å²) < 4.78 is 12.3. The number of aryl methyl sites for hydroxylation is 1. The van der Waals surface area contributed by atoms with Crippen molar-refractivity contribution in [1.29, 1.82) is 0 Å². The smallest absolute Gasteiger partial charge is 0.264 e. The second-order valence-electron chi connectivity index (χ2n) is 7.30. The van der Waals surface area contributed by atoms with Crippen molar-refractivity contribution in [2.75, 3.05) is 7.11 Å². The molecule has 3 aromatic carbocycles. The number of hydrogen-bond acceptors (Lipinski definition) is 5. The molecule has 1 aliphatic rings. The molecule has 1 aliphatic heterocycles. The van der Waals surface area contributed by atoms with E-state index in [1.807, 2.05) is 72.8 Å². The molecule has 1 fully saturated rings. The molecule has 1 saturated heterocycles. The van der Waals surface area contributed by atoms with E-state index in [9.17, 15) is 4.79 Å². The molecular weight excluding hydrogens is 500 g/mol. The van der Waals surface area contributed by atoms with Gasteiger partial charge in [0.2, 0.25) is 0 Å². The Bertz CT molecular complexity index is 1210. The van der Waals surface area contributed by atoms with Crippen molar-refractivity contribution in [3.63, 3.8) is 0 Å². The molecule has 1 amide bonds. The number of halogens is 1. The lowest BCUT2D eigenvalue weighted by molar-refractivity contribution is -0.115. The lowest BCUT2D eigenvalue weighted by atomic mass is 10.1. The van der Waals surface area contributed by atoms with Gasteiger partial charge in [-0.1, -0.05) is 65.3 Å². The van der Waals surface area contributed by atoms with Crippen LogP contribution in [0.1, 0.15) is 23.6 Å². The first-order chi connectivity index (χ1) is 16.1. The zero-order chi connectivity index (χ0) is 23.2. The van der Waals surface area contributed by atoms with Crippen LogP contribution < -0.4 is 14.8 Å². The molecule has 0 radical (unpaired) electrons. The quantitative estimate of drug-likeness (QED) is 0.360. The maximum atomic E-state index is 12.5. The normalized spacial score (nSPS) is 15.7. The number of ether oxygens (including phenoxy) is 2. The average molecular weight is 523 g/mol. The molecule has 0 unspecified atom stereocenters. The van der Waals surface area contributed by atoms with Crippen molar-refractivity contribution in [3.8, 4) is 11.5 Å². The summed E-state index contributed by atoms with van der Waals surface area (Å²) in [6.07, 6.45) is 2.79. The molecule has 0 spiro atoms. The molecular formula is C26H23BrN2O3S. The predicted octanol–water partition coefficient (Wildman–Crippen LogP) is 6.49. The molecule has 5 nitrogen and oxygen atoms in total. The molecule has 1 heterocycles. The molecule has 4 rings (SSSR count). The summed E-state index contributed by atoms with van der Waals surface area (Å²) in [6.45, 7) is 2.54. The third-order valence-corrected chi connectivity index (χ3v) is 6.63. The zero-order valence-electron chi connectivity index (χ0n) is 18.3. The van der Waals surface area contributed by atoms with Crippen LogP contribution >= 0.6 is 27.7 Å². The molecule has 0 aromatic heterocycles. The van der Waals surface area contributed by atoms with Gasteiger partial charge in [0.1, 0.15) is 6.61 Å². The van der Waals surface area contributed by atoms with Crippen LogP contribution in [0.4, 0.5) is 5.69 Å². The number of carbonyl (C=O) groups excluding carboxylic acids is 1. The molecule has 7 heteroatoms. The van der Waals surface area contributed by atoms with Crippen LogP contribution in [-0.2, 0) is 17.8 Å². The Morgan fingerprint density at radius 1 is 1.03 bits per heavy atom. The minimum Gasteiger partial charge on any atom is -0.493 e. The summed E-state index contributed by atoms with van der Waals surface area (Å²) in [5.74, 6) is 1.03. The number of rotatable bonds is 7. The van der Waals surface area contributed by atoms with E-state index in [0.29, 0.717) is 28.2 Å². The minimum atomic E-state index is -0.181. The van der Waals surface area contributed by atoms with Gasteiger partial charge in [0.25, 0.3) is 5.91 Å². The molecule has 0 atom stereocenters. The van der Waals surface area contributed by atoms with Gasteiger partial charge in [-0.15, -0.1) is 0 Å². The summed E-state index contributed by atoms with van der Waals surface area (Å²) in [5.41, 5.74) is 3.93. The monoisotopic (exact) mass is 522 g/mol. The highest BCUT2D eigenvalue weighted by atomic mass is 79.9. The van der Waals surface area contributed by atoms with Gasteiger partial charge in [-0.3, -0.25) is 4.79 Å². The molecule has 0 saturated carbocycles. The topological polar surface area (TPSA) is 59.9 Å². The van der Waals surface area contributed by atoms with Crippen molar-refractivity contribution < 1.29 is 14.3 Å². The Hall–Kier alpha value is -3.03. The average Bonchev–Trinajstić information content (AvgIpc) is 3.18. The van der Waals surface area contributed by atoms with Crippen LogP contribution in [0.3, 0.4) is 0 Å². The number of amidine groups is 1. The summed E-state index contributed by atoms with van der Waals surface area (Å²) >= 11 is 4.90. The lowest BCUT2D eigenvalue weighted by Crippen LogP contribution is -2.19. The molecule has 1 N–H and O–H groups in total. The number of amides is 1. The van der Waals surface area contributed by atoms with E-state index >= 15 is 0 Å². The van der Waals surface area contributed by atoms with E-state index < -0.39 is 0 Å². The fourth-order valence-corrected chi connectivity index (χ4v) is 4.48. The Labute approximate surface area is 206 Å². The number of benzene rings is 3. The van der Waals surface area contributed by atoms with Gasteiger partial charge in [-0.2, -0.15) is 0 Å². The van der Waals surface area contributed by atoms with Gasteiger partial charge in [-0.25, -0.2) is 4.99 Å². The van der Waals surface area contributed by atoms with Gasteiger partial charge in [0, 0.05) is 4.47 Å². The highest BCUT2D eigenvalue weighted by molar-refractivity contribution is 9.10. The van der Waals surface area contributed by atoms with Crippen LogP contribution in [0.25, 0.3) is 6.08 Å². The molecule has 0 aliphatic carbocycles. The van der Waals surface area contributed by atoms with Crippen molar-refractivity contribution >= 4 is 50.5 Å². The maximum Gasteiger partial charge on any atom is 0.264 e. The largest absolute Gasteiger partial charge is 0.493 e. The second kappa shape index (κ2) is 10.7. The third-order valence-electron chi connectivity index (χ3n) is 5.03. The summed E-state index contributed by atoms with van der Waals surface area (Å²) in [6, 6.07) is 21.6. The summed E-state index contributed by atoms with van der Waals surface area (Å²) in [5, 5.41) is 3.39. The minimum absolute atomic E-state index is 0.181. The van der Waals surface area contributed by atoms with Gasteiger partial charge in [0.05, 0.1) is 17.7 Å². The summed E-state index contributed by atoms with van der Waals surface area (Å²) in [4.78, 5) is 17.6. The zero-order valence-corrected chi connectivity index (χ0v) is 20.7. The number of thioether (sulfide) groups is 1. The number of hydrogen-bond donors (Lipinski definition) is 1. The van der Waals surface area contributed by atoms with E-state index in [4.69, 9.17) is 9.47 Å². The van der Waals surface area contributed by atoms with E-state index in [1.165, 1.54) is 17.3 Å². The SMILES string of the molecule is CCc1ccc(N=C2NC(=O)/C(=C/c3cc(OC)c(OCc4ccccc4)cc3Br)S2)cc1. The van der Waals surface area contributed by atoms with E-state index in [1.54, 1.807) is 7.11 Å². The standard InChI is InChI=1S/C26H23BrN2O3S/c1-3-17-9-11-20(12-10-17)28-26-29-25(30)24(33-26)14-19-13-22(31-2)23(15-21(19)27)32-16-18-7-5-4-6-8-18/h4-15H,3,16H2,1-2H3,(H,28,29,30)/b24-14-. The highest BCUT2D eigenvalue weighted by Gasteiger charge is 2.24. The Balaban J connectivity index is 1.52. The number of aliphatic imine (C=N–C) groups is 1. The number of carbonyl (C=O) groups is 1. The number of methoxy groups -OCH3 is 1. The van der Waals surface area contributed by atoms with Gasteiger partial charge >= 0.3 is 0 Å². The number of nitrogens with one attached hydrogen (secondary N) is 1. The maximum absolute atomic E-state index is 12.5. The van der Waals surface area contributed by atoms with E-state index in [2.05, 4.69) is 33.2 Å². The van der Waals surface area contributed by atoms with Crippen molar-refractivity contribution in [2.45, 2.75) is 20.0 Å². The van der Waals surface area contributed by atoms with Gasteiger partial charge in [0.15, 0.2) is 16.7 Å². The number of nitrogens with zero attached hydrogens (tertiary/aromatic N) is 1. The van der Waals surface area contributed by atoms with E-state index in [0.717, 1.165) is 27.7 Å². The van der Waals surface area contributed by atoms with Crippen LogP contribution in [0, 0.1) is 0 Å². The second-order valence-corrected chi connectivity index (χ2v) is 9.19. The fraction of sp³-hybridized carbons (Fsp3) is 0.154. The van der Waals surface area contributed by atoms with Crippen LogP contribution in [0.15, 0.2) is 81.1 Å². The highest BCUT2D eigenvalue weighted by Crippen LogP contribution is 2.37. The van der Waals surface area contributed by atoms with Gasteiger partial charge in [-0.05, 0) is 65.2 Å². The first kappa shape index (κ1) is 23.1. The molecule has 33 heavy (non-hydrogen) atoms. The Morgan fingerprint density at radius 3 is 2.48 bits per heavy atom. The predicted molar refractivity (Wildman–Crippen MR) is 138 cm³/mol. The lowest BCUT2D eigenvalue weighted by Gasteiger charge is -2.13. The molecule has 0 bridgehead atoms. The van der Waals surface area contributed by atoms with Crippen molar-refractivity contribution in [1.82, 2.24) is 5.32 Å². The third kappa shape index (κ3) is 5.86. The Kier molecular flexibility index (Phi) is 7.52. The van der Waals surface area contributed by atoms with Gasteiger partial charge < -0.3 is 14.8 Å². The first-order valence-corrected chi connectivity index (χ1v) is 12.1. The van der Waals surface area contributed by atoms with E-state index in [-0.39, 0.29) is 5.91 Å². The van der Waals surface area contributed by atoms with Crippen LogP contribution in [0.5, 0.6) is 11.5 Å².